The van der Waals surface area contributed by atoms with E-state index < -0.39 is 0 Å². The Hall–Kier alpha value is -2.60. The Balaban J connectivity index is 1.33. The maximum absolute atomic E-state index is 12.7. The molecule has 0 radical (unpaired) electrons. The molecule has 28 heavy (non-hydrogen) atoms. The number of aromatic nitrogens is 2. The lowest BCUT2D eigenvalue weighted by Crippen LogP contribution is -2.25. The van der Waals surface area contributed by atoms with E-state index in [4.69, 9.17) is 9.40 Å². The molecule has 6 heteroatoms. The second-order valence-corrected chi connectivity index (χ2v) is 8.72. The lowest BCUT2D eigenvalue weighted by molar-refractivity contribution is -0.120. The van der Waals surface area contributed by atoms with Crippen molar-refractivity contribution in [3.8, 4) is 11.3 Å². The van der Waals surface area contributed by atoms with Crippen molar-refractivity contribution in [1.29, 1.82) is 0 Å². The van der Waals surface area contributed by atoms with E-state index in [1.54, 1.807) is 6.26 Å². The zero-order valence-electron chi connectivity index (χ0n) is 16.0. The van der Waals surface area contributed by atoms with Crippen LogP contribution in [0.5, 0.6) is 0 Å². The smallest absolute Gasteiger partial charge is 0.229 e. The SMILES string of the molecule is Cc1cc(-c2csc(NC(=O)C3CC4C=CC3C4)n2)c(C)n1Cc1ccco1. The van der Waals surface area contributed by atoms with Crippen LogP contribution >= 0.6 is 11.3 Å². The van der Waals surface area contributed by atoms with E-state index in [0.29, 0.717) is 23.5 Å². The fraction of sp³-hybridized carbons (Fsp3) is 0.364. The maximum Gasteiger partial charge on any atom is 0.229 e. The van der Waals surface area contributed by atoms with E-state index in [0.717, 1.165) is 41.2 Å². The number of anilines is 1. The van der Waals surface area contributed by atoms with Gasteiger partial charge in [0.15, 0.2) is 5.13 Å². The van der Waals surface area contributed by atoms with Crippen LogP contribution in [-0.2, 0) is 11.3 Å². The van der Waals surface area contributed by atoms with Gasteiger partial charge in [0.05, 0.1) is 18.5 Å². The van der Waals surface area contributed by atoms with Gasteiger partial charge < -0.3 is 14.3 Å². The zero-order chi connectivity index (χ0) is 19.3. The molecule has 2 bridgehead atoms. The Kier molecular flexibility index (Phi) is 4.23. The van der Waals surface area contributed by atoms with E-state index in [9.17, 15) is 4.79 Å². The van der Waals surface area contributed by atoms with Crippen LogP contribution in [0.2, 0.25) is 0 Å². The Morgan fingerprint density at radius 1 is 1.36 bits per heavy atom. The van der Waals surface area contributed by atoms with Crippen LogP contribution in [0.25, 0.3) is 11.3 Å². The molecular formula is C22H23N3O2S. The van der Waals surface area contributed by atoms with Gasteiger partial charge in [0, 0.05) is 28.2 Å². The van der Waals surface area contributed by atoms with Crippen molar-refractivity contribution in [2.75, 3.05) is 5.32 Å². The van der Waals surface area contributed by atoms with Gasteiger partial charge in [-0.1, -0.05) is 12.2 Å². The minimum atomic E-state index is 0.0979. The molecule has 0 aliphatic heterocycles. The van der Waals surface area contributed by atoms with Crippen molar-refractivity contribution in [2.24, 2.45) is 17.8 Å². The summed E-state index contributed by atoms with van der Waals surface area (Å²) in [7, 11) is 0. The number of nitrogens with one attached hydrogen (secondary N) is 1. The summed E-state index contributed by atoms with van der Waals surface area (Å²) < 4.78 is 7.72. The Bertz CT molecular complexity index is 1040. The Morgan fingerprint density at radius 3 is 2.96 bits per heavy atom. The molecule has 1 saturated carbocycles. The lowest BCUT2D eigenvalue weighted by Gasteiger charge is -2.16. The van der Waals surface area contributed by atoms with Crippen molar-refractivity contribution >= 4 is 22.4 Å². The molecule has 0 saturated heterocycles. The predicted molar refractivity (Wildman–Crippen MR) is 110 cm³/mol. The van der Waals surface area contributed by atoms with Crippen molar-refractivity contribution in [1.82, 2.24) is 9.55 Å². The molecule has 1 fully saturated rings. The number of hydrogen-bond donors (Lipinski definition) is 1. The molecule has 3 atom stereocenters. The minimum Gasteiger partial charge on any atom is -0.467 e. The van der Waals surface area contributed by atoms with E-state index in [2.05, 4.69) is 41.9 Å². The average Bonchev–Trinajstić information content (AvgIpc) is 3.49. The van der Waals surface area contributed by atoms with Crippen LogP contribution in [0.15, 0.2) is 46.4 Å². The quantitative estimate of drug-likeness (QED) is 0.619. The van der Waals surface area contributed by atoms with Gasteiger partial charge in [-0.25, -0.2) is 4.98 Å². The molecule has 2 aliphatic rings. The second kappa shape index (κ2) is 6.78. The number of furan rings is 1. The molecule has 0 aromatic carbocycles. The highest BCUT2D eigenvalue weighted by atomic mass is 32.1. The Labute approximate surface area is 168 Å². The van der Waals surface area contributed by atoms with E-state index in [1.807, 2.05) is 17.5 Å². The first-order valence-corrected chi connectivity index (χ1v) is 10.6. The monoisotopic (exact) mass is 393 g/mol. The number of thiazole rings is 1. The third-order valence-electron chi connectivity index (χ3n) is 6.09. The average molecular weight is 394 g/mol. The zero-order valence-corrected chi connectivity index (χ0v) is 16.8. The van der Waals surface area contributed by atoms with Gasteiger partial charge in [0.2, 0.25) is 5.91 Å². The molecule has 3 aromatic heterocycles. The molecule has 3 heterocycles. The van der Waals surface area contributed by atoms with Crippen LogP contribution in [-0.4, -0.2) is 15.5 Å². The highest BCUT2D eigenvalue weighted by molar-refractivity contribution is 7.14. The standard InChI is InChI=1S/C22H23N3O2S/c1-13-8-18(14(2)25(13)11-17-4-3-7-27-17)20-12-28-22(23-20)24-21(26)19-10-15-5-6-16(19)9-15/h3-8,12,15-16,19H,9-11H2,1-2H3,(H,23,24,26). The largest absolute Gasteiger partial charge is 0.467 e. The van der Waals surface area contributed by atoms with Gasteiger partial charge in [0.25, 0.3) is 0 Å². The van der Waals surface area contributed by atoms with Crippen molar-refractivity contribution in [2.45, 2.75) is 33.2 Å². The minimum absolute atomic E-state index is 0.0979. The molecule has 5 rings (SSSR count). The number of aryl methyl sites for hydroxylation is 1. The van der Waals surface area contributed by atoms with E-state index in [1.165, 1.54) is 11.3 Å². The fourth-order valence-corrected chi connectivity index (χ4v) is 5.31. The number of allylic oxidation sites excluding steroid dienone is 2. The van der Waals surface area contributed by atoms with E-state index in [-0.39, 0.29) is 11.8 Å². The normalized spacial score (nSPS) is 22.9. The number of carbonyl (C=O) groups excluding carboxylic acids is 1. The number of carbonyl (C=O) groups is 1. The highest BCUT2D eigenvalue weighted by Gasteiger charge is 2.39. The van der Waals surface area contributed by atoms with Crippen molar-refractivity contribution in [3.63, 3.8) is 0 Å². The molecule has 5 nitrogen and oxygen atoms in total. The van der Waals surface area contributed by atoms with Gasteiger partial charge in [-0.15, -0.1) is 11.3 Å². The topological polar surface area (TPSA) is 60.1 Å². The fourth-order valence-electron chi connectivity index (χ4n) is 4.60. The van der Waals surface area contributed by atoms with E-state index >= 15 is 0 Å². The molecule has 0 spiro atoms. The summed E-state index contributed by atoms with van der Waals surface area (Å²) in [4.78, 5) is 17.4. The van der Waals surface area contributed by atoms with Gasteiger partial charge in [-0.2, -0.15) is 0 Å². The van der Waals surface area contributed by atoms with Gasteiger partial charge >= 0.3 is 0 Å². The van der Waals surface area contributed by atoms with Crippen molar-refractivity contribution in [3.05, 3.63) is 59.1 Å². The molecule has 3 unspecified atom stereocenters. The molecule has 1 N–H and O–H groups in total. The number of amides is 1. The molecule has 2 aliphatic carbocycles. The van der Waals surface area contributed by atoms with Crippen LogP contribution < -0.4 is 5.32 Å². The summed E-state index contributed by atoms with van der Waals surface area (Å²) in [5.41, 5.74) is 4.32. The van der Waals surface area contributed by atoms with Gasteiger partial charge in [-0.05, 0) is 56.7 Å². The molecule has 3 aromatic rings. The lowest BCUT2D eigenvalue weighted by atomic mass is 9.93. The highest BCUT2D eigenvalue weighted by Crippen LogP contribution is 2.44. The first-order chi connectivity index (χ1) is 13.6. The first kappa shape index (κ1) is 17.5. The summed E-state index contributed by atoms with van der Waals surface area (Å²) in [6, 6.07) is 6.05. The van der Waals surface area contributed by atoms with Gasteiger partial charge in [-0.3, -0.25) is 4.79 Å². The van der Waals surface area contributed by atoms with Crippen LogP contribution in [0, 0.1) is 31.6 Å². The first-order valence-electron chi connectivity index (χ1n) is 9.72. The number of fused-ring (bicyclic) bond motifs is 2. The molecule has 1 amide bonds. The molecular weight excluding hydrogens is 370 g/mol. The summed E-state index contributed by atoms with van der Waals surface area (Å²) in [5.74, 6) is 2.14. The van der Waals surface area contributed by atoms with Gasteiger partial charge in [0.1, 0.15) is 5.76 Å². The van der Waals surface area contributed by atoms with Crippen molar-refractivity contribution < 1.29 is 9.21 Å². The summed E-state index contributed by atoms with van der Waals surface area (Å²) in [6.07, 6.45) is 8.27. The molecule has 144 valence electrons. The summed E-state index contributed by atoms with van der Waals surface area (Å²) >= 11 is 1.49. The van der Waals surface area contributed by atoms with Crippen LogP contribution in [0.4, 0.5) is 5.13 Å². The Morgan fingerprint density at radius 2 is 2.25 bits per heavy atom. The van der Waals surface area contributed by atoms with Crippen LogP contribution in [0.3, 0.4) is 0 Å². The maximum atomic E-state index is 12.7. The predicted octanol–water partition coefficient (Wildman–Crippen LogP) is 5.02. The van der Waals surface area contributed by atoms with Crippen LogP contribution in [0.1, 0.15) is 30.0 Å². The number of rotatable bonds is 5. The number of hydrogen-bond acceptors (Lipinski definition) is 4. The third-order valence-corrected chi connectivity index (χ3v) is 6.85. The second-order valence-electron chi connectivity index (χ2n) is 7.86. The summed E-state index contributed by atoms with van der Waals surface area (Å²) in [6.45, 7) is 4.90. The number of nitrogens with zero attached hydrogens (tertiary/aromatic N) is 2. The summed E-state index contributed by atoms with van der Waals surface area (Å²) in [5, 5.41) is 5.75. The third kappa shape index (κ3) is 3.02.